The van der Waals surface area contributed by atoms with Crippen LogP contribution in [0.3, 0.4) is 0 Å². The topological polar surface area (TPSA) is 30.9 Å². The van der Waals surface area contributed by atoms with Crippen LogP contribution in [0.25, 0.3) is 0 Å². The van der Waals surface area contributed by atoms with Gasteiger partial charge in [-0.05, 0) is 68.6 Å². The summed E-state index contributed by atoms with van der Waals surface area (Å²) in [6, 6.07) is 11.8. The molecule has 0 bridgehead atoms. The van der Waals surface area contributed by atoms with Crippen molar-refractivity contribution < 1.29 is 0 Å². The minimum atomic E-state index is 0.397. The third kappa shape index (κ3) is 6.03. The van der Waals surface area contributed by atoms with E-state index in [1.165, 1.54) is 69.2 Å². The average Bonchev–Trinajstić information content (AvgIpc) is 3.53. The van der Waals surface area contributed by atoms with Gasteiger partial charge in [-0.25, -0.2) is 0 Å². The monoisotopic (exact) mass is 454 g/mol. The van der Waals surface area contributed by atoms with E-state index in [4.69, 9.17) is 17.2 Å². The Hall–Kier alpha value is -1.62. The predicted molar refractivity (Wildman–Crippen MR) is 139 cm³/mol. The number of benzene rings is 1. The normalized spacial score (nSPS) is 24.0. The maximum absolute atomic E-state index is 5.97. The first-order valence-electron chi connectivity index (χ1n) is 13.0. The Bertz CT molecular complexity index is 756. The summed E-state index contributed by atoms with van der Waals surface area (Å²) in [5, 5.41) is 4.67. The molecule has 1 saturated carbocycles. The van der Waals surface area contributed by atoms with Crippen molar-refractivity contribution in [1.29, 1.82) is 0 Å². The van der Waals surface area contributed by atoms with Gasteiger partial charge in [0.05, 0.1) is 17.9 Å². The molecule has 4 nitrogen and oxygen atoms in total. The highest BCUT2D eigenvalue weighted by Crippen LogP contribution is 2.31. The van der Waals surface area contributed by atoms with Crippen molar-refractivity contribution in [2.75, 3.05) is 26.2 Å². The van der Waals surface area contributed by atoms with Crippen LogP contribution < -0.4 is 5.32 Å². The molecule has 4 rings (SSSR count). The van der Waals surface area contributed by atoms with Gasteiger partial charge in [-0.2, -0.15) is 0 Å². The first-order chi connectivity index (χ1) is 15.6. The van der Waals surface area contributed by atoms with Crippen LogP contribution in [0.1, 0.15) is 83.2 Å². The van der Waals surface area contributed by atoms with Crippen LogP contribution >= 0.6 is 12.2 Å². The number of unbranched alkanes of at least 4 members (excludes halogenated alkanes) is 1. The molecule has 1 N–H and O–H groups in total. The van der Waals surface area contributed by atoms with Crippen LogP contribution in [0.4, 0.5) is 0 Å². The molecule has 0 unspecified atom stereocenters. The Labute approximate surface area is 200 Å². The van der Waals surface area contributed by atoms with Crippen molar-refractivity contribution in [1.82, 2.24) is 15.1 Å². The summed E-state index contributed by atoms with van der Waals surface area (Å²) in [4.78, 5) is 9.98. The quantitative estimate of drug-likeness (QED) is 0.338. The van der Waals surface area contributed by atoms with Gasteiger partial charge >= 0.3 is 0 Å². The Kier molecular flexibility index (Phi) is 8.45. The molecule has 0 aromatic heterocycles. The zero-order valence-corrected chi connectivity index (χ0v) is 21.0. The Morgan fingerprint density at radius 2 is 1.84 bits per heavy atom. The highest BCUT2D eigenvalue weighted by molar-refractivity contribution is 7.80. The summed E-state index contributed by atoms with van der Waals surface area (Å²) >= 11 is 5.97. The van der Waals surface area contributed by atoms with Crippen LogP contribution in [0, 0.1) is 11.8 Å². The second-order valence-corrected chi connectivity index (χ2v) is 10.8. The van der Waals surface area contributed by atoms with Crippen LogP contribution in [0.2, 0.25) is 0 Å². The minimum Gasteiger partial charge on any atom is -0.371 e. The molecule has 176 valence electrons. The lowest BCUT2D eigenvalue weighted by Crippen LogP contribution is -2.33. The lowest BCUT2D eigenvalue weighted by molar-refractivity contribution is 0.334. The van der Waals surface area contributed by atoms with Gasteiger partial charge in [0, 0.05) is 32.1 Å². The number of rotatable bonds is 11. The van der Waals surface area contributed by atoms with Crippen LogP contribution in [-0.2, 0) is 0 Å². The van der Waals surface area contributed by atoms with E-state index >= 15 is 0 Å². The third-order valence-electron chi connectivity index (χ3n) is 7.45. The molecule has 5 heteroatoms. The SMILES string of the molecule is CC(C)CCCN1C(=S)N(CCCC[C@H]2CNC(C3CCCC3)=N2)C[C@H]1c1ccccc1. The van der Waals surface area contributed by atoms with Crippen LogP contribution in [0.15, 0.2) is 35.3 Å². The van der Waals surface area contributed by atoms with E-state index in [9.17, 15) is 0 Å². The van der Waals surface area contributed by atoms with Gasteiger partial charge in [0.2, 0.25) is 0 Å². The van der Waals surface area contributed by atoms with E-state index in [0.717, 1.165) is 43.1 Å². The summed E-state index contributed by atoms with van der Waals surface area (Å²) in [5.74, 6) is 2.79. The fourth-order valence-corrected chi connectivity index (χ4v) is 5.96. The molecule has 1 saturated heterocycles. The molecule has 3 aliphatic rings. The summed E-state index contributed by atoms with van der Waals surface area (Å²) in [6.45, 7) is 8.84. The second kappa shape index (κ2) is 11.5. The van der Waals surface area contributed by atoms with E-state index in [-0.39, 0.29) is 0 Å². The summed E-state index contributed by atoms with van der Waals surface area (Å²) in [6.07, 6.45) is 11.5. The standard InChI is InChI=1S/C27H42N4S/c1-21(2)11-10-18-31-25(22-12-4-3-5-13-22)20-30(27(31)32)17-9-8-16-24-19-28-26(29-24)23-14-6-7-15-23/h3-5,12-13,21,23-25H,6-11,14-20H2,1-2H3,(H,28,29)/t24-,25-/m0/s1. The number of nitrogens with zero attached hydrogens (tertiary/aromatic N) is 3. The Morgan fingerprint density at radius 1 is 1.06 bits per heavy atom. The smallest absolute Gasteiger partial charge is 0.172 e. The largest absolute Gasteiger partial charge is 0.371 e. The third-order valence-corrected chi connectivity index (χ3v) is 7.94. The maximum atomic E-state index is 5.97. The van der Waals surface area contributed by atoms with Crippen molar-refractivity contribution in [3.8, 4) is 0 Å². The first-order valence-corrected chi connectivity index (χ1v) is 13.4. The number of amidine groups is 1. The molecule has 0 radical (unpaired) electrons. The van der Waals surface area contributed by atoms with Gasteiger partial charge < -0.3 is 15.1 Å². The molecular weight excluding hydrogens is 412 g/mol. The van der Waals surface area contributed by atoms with Crippen LogP contribution in [-0.4, -0.2) is 53.0 Å². The fourth-order valence-electron chi connectivity index (χ4n) is 5.58. The van der Waals surface area contributed by atoms with Crippen molar-refractivity contribution in [3.05, 3.63) is 35.9 Å². The lowest BCUT2D eigenvalue weighted by Gasteiger charge is -2.26. The van der Waals surface area contributed by atoms with E-state index in [0.29, 0.717) is 12.1 Å². The van der Waals surface area contributed by atoms with Gasteiger partial charge in [-0.1, -0.05) is 57.0 Å². The number of thiocarbonyl (C=S) groups is 1. The molecule has 2 heterocycles. The Morgan fingerprint density at radius 3 is 2.59 bits per heavy atom. The van der Waals surface area contributed by atoms with Crippen molar-refractivity contribution in [2.45, 2.75) is 83.7 Å². The van der Waals surface area contributed by atoms with Gasteiger partial charge in [0.1, 0.15) is 0 Å². The number of nitrogens with one attached hydrogen (secondary N) is 1. The van der Waals surface area contributed by atoms with E-state index in [1.54, 1.807) is 0 Å². The fraction of sp³-hybridized carbons (Fsp3) is 0.704. The average molecular weight is 455 g/mol. The van der Waals surface area contributed by atoms with E-state index < -0.39 is 0 Å². The molecule has 2 atom stereocenters. The van der Waals surface area contributed by atoms with Crippen molar-refractivity contribution >= 4 is 23.2 Å². The summed E-state index contributed by atoms with van der Waals surface area (Å²) < 4.78 is 0. The molecule has 0 amide bonds. The zero-order chi connectivity index (χ0) is 22.3. The summed E-state index contributed by atoms with van der Waals surface area (Å²) in [5.41, 5.74) is 1.40. The van der Waals surface area contributed by atoms with Crippen LogP contribution in [0.5, 0.6) is 0 Å². The van der Waals surface area contributed by atoms with Gasteiger partial charge in [-0.15, -0.1) is 0 Å². The number of hydrogen-bond acceptors (Lipinski definition) is 3. The van der Waals surface area contributed by atoms with Crippen molar-refractivity contribution in [3.63, 3.8) is 0 Å². The number of aliphatic imine (C=N–C) groups is 1. The highest BCUT2D eigenvalue weighted by atomic mass is 32.1. The molecule has 32 heavy (non-hydrogen) atoms. The molecule has 1 aromatic carbocycles. The molecule has 2 fully saturated rings. The molecule has 1 aliphatic carbocycles. The van der Waals surface area contributed by atoms with E-state index in [1.807, 2.05) is 0 Å². The van der Waals surface area contributed by atoms with Gasteiger partial charge in [0.15, 0.2) is 5.11 Å². The first kappa shape index (κ1) is 23.5. The summed E-state index contributed by atoms with van der Waals surface area (Å²) in [7, 11) is 0. The molecule has 0 spiro atoms. The van der Waals surface area contributed by atoms with Crippen molar-refractivity contribution in [2.24, 2.45) is 16.8 Å². The minimum absolute atomic E-state index is 0.397. The lowest BCUT2D eigenvalue weighted by atomic mass is 10.0. The highest BCUT2D eigenvalue weighted by Gasteiger charge is 2.34. The van der Waals surface area contributed by atoms with E-state index in [2.05, 4.69) is 59.3 Å². The van der Waals surface area contributed by atoms with Gasteiger partial charge in [0.25, 0.3) is 0 Å². The molecular formula is C27H42N4S. The second-order valence-electron chi connectivity index (χ2n) is 10.4. The maximum Gasteiger partial charge on any atom is 0.172 e. The molecule has 1 aromatic rings. The Balaban J connectivity index is 1.26. The predicted octanol–water partition coefficient (Wildman–Crippen LogP) is 5.80. The zero-order valence-electron chi connectivity index (χ0n) is 20.1. The molecule has 2 aliphatic heterocycles. The number of hydrogen-bond donors (Lipinski definition) is 1. The van der Waals surface area contributed by atoms with Gasteiger partial charge in [-0.3, -0.25) is 4.99 Å².